The van der Waals surface area contributed by atoms with Gasteiger partial charge in [0, 0.05) is 25.1 Å². The van der Waals surface area contributed by atoms with Crippen LogP contribution in [0.1, 0.15) is 32.8 Å². The predicted molar refractivity (Wildman–Crippen MR) is 86.5 cm³/mol. The van der Waals surface area contributed by atoms with Gasteiger partial charge in [-0.3, -0.25) is 4.90 Å². The zero-order valence-electron chi connectivity index (χ0n) is 13.4. The average Bonchev–Trinajstić information content (AvgIpc) is 2.47. The van der Waals surface area contributed by atoms with E-state index in [0.717, 1.165) is 19.5 Å². The summed E-state index contributed by atoms with van der Waals surface area (Å²) in [6.07, 6.45) is 0.901. The van der Waals surface area contributed by atoms with Gasteiger partial charge in [0.1, 0.15) is 13.4 Å². The molecule has 1 saturated heterocycles. The Hall–Kier alpha value is -0.835. The molecule has 4 heteroatoms. The fraction of sp³-hybridized carbons (Fsp3) is 0.647. The average molecular weight is 287 g/mol. The van der Waals surface area contributed by atoms with Gasteiger partial charge in [-0.1, -0.05) is 37.3 Å². The van der Waals surface area contributed by atoms with E-state index < -0.39 is 0 Å². The highest BCUT2D eigenvalue weighted by atomic mass is 16.6. The fourth-order valence-corrected chi connectivity index (χ4v) is 2.76. The Balaban J connectivity index is 1.93. The van der Waals surface area contributed by atoms with Crippen LogP contribution < -0.4 is 0 Å². The van der Waals surface area contributed by atoms with E-state index >= 15 is 0 Å². The summed E-state index contributed by atoms with van der Waals surface area (Å²) in [6.45, 7) is 9.40. The lowest BCUT2D eigenvalue weighted by molar-refractivity contribution is -0.167. The number of benzene rings is 1. The van der Waals surface area contributed by atoms with E-state index in [1.807, 2.05) is 18.2 Å². The van der Waals surface area contributed by atoms with Crippen molar-refractivity contribution in [3.63, 3.8) is 0 Å². The second-order valence-electron chi connectivity index (χ2n) is 6.19. The molecule has 0 aromatic heterocycles. The summed E-state index contributed by atoms with van der Waals surface area (Å²) in [5.41, 5.74) is 0.890. The highest BCUT2D eigenvalue weighted by Gasteiger charge is 2.38. The van der Waals surface area contributed by atoms with E-state index in [4.69, 9.17) is 17.3 Å². The van der Waals surface area contributed by atoms with E-state index in [9.17, 15) is 0 Å². The minimum atomic E-state index is -0.295. The minimum absolute atomic E-state index is 0.235. The molecule has 0 unspecified atom stereocenters. The molecule has 2 radical (unpaired) electrons. The molecule has 1 aliphatic heterocycles. The third-order valence-corrected chi connectivity index (χ3v) is 4.16. The summed E-state index contributed by atoms with van der Waals surface area (Å²) >= 11 is 0. The number of morpholine rings is 1. The van der Waals surface area contributed by atoms with E-state index in [0.29, 0.717) is 19.3 Å². The Morgan fingerprint density at radius 2 is 2.10 bits per heavy atom. The number of hydrogen-bond donors (Lipinski definition) is 0. The number of nitrogens with zero attached hydrogens (tertiary/aromatic N) is 1. The van der Waals surface area contributed by atoms with Gasteiger partial charge < -0.3 is 9.47 Å². The summed E-state index contributed by atoms with van der Waals surface area (Å²) in [5, 5.41) is 0. The zero-order chi connectivity index (χ0) is 15.3. The fourth-order valence-electron chi connectivity index (χ4n) is 2.76. The zero-order valence-corrected chi connectivity index (χ0v) is 13.4. The van der Waals surface area contributed by atoms with Crippen LogP contribution in [0.2, 0.25) is 0 Å². The van der Waals surface area contributed by atoms with Crippen molar-refractivity contribution in [3.05, 3.63) is 35.9 Å². The molecule has 2 rings (SSSR count). The SMILES string of the molecule is [B][C@H]1CN(C(C)C)C[C@@](CC)(COCc2ccccc2)O1. The van der Waals surface area contributed by atoms with Gasteiger partial charge in [0.15, 0.2) is 0 Å². The van der Waals surface area contributed by atoms with Crippen LogP contribution in [0, 0.1) is 0 Å². The quantitative estimate of drug-likeness (QED) is 0.751. The summed E-state index contributed by atoms with van der Waals surface area (Å²) in [7, 11) is 6.08. The van der Waals surface area contributed by atoms with Crippen molar-refractivity contribution < 1.29 is 9.47 Å². The van der Waals surface area contributed by atoms with Crippen molar-refractivity contribution in [1.82, 2.24) is 4.90 Å². The van der Waals surface area contributed by atoms with Gasteiger partial charge in [-0.15, -0.1) is 0 Å². The molecular weight excluding hydrogens is 261 g/mol. The molecule has 1 heterocycles. The van der Waals surface area contributed by atoms with Gasteiger partial charge in [0.2, 0.25) is 0 Å². The normalized spacial score (nSPS) is 27.1. The molecule has 1 aliphatic rings. The van der Waals surface area contributed by atoms with Crippen LogP contribution in [-0.4, -0.2) is 50.1 Å². The van der Waals surface area contributed by atoms with Crippen LogP contribution in [0.4, 0.5) is 0 Å². The topological polar surface area (TPSA) is 21.7 Å². The maximum absolute atomic E-state index is 6.08. The second kappa shape index (κ2) is 7.43. The largest absolute Gasteiger partial charge is 0.377 e. The lowest BCUT2D eigenvalue weighted by Crippen LogP contribution is -2.59. The summed E-state index contributed by atoms with van der Waals surface area (Å²) in [5.74, 6) is 0. The van der Waals surface area contributed by atoms with E-state index in [2.05, 4.69) is 37.8 Å². The van der Waals surface area contributed by atoms with E-state index in [1.54, 1.807) is 0 Å². The van der Waals surface area contributed by atoms with Crippen LogP contribution in [0.15, 0.2) is 30.3 Å². The lowest BCUT2D eigenvalue weighted by atomic mass is 9.90. The summed E-state index contributed by atoms with van der Waals surface area (Å²) in [4.78, 5) is 2.38. The second-order valence-corrected chi connectivity index (χ2v) is 6.19. The molecular formula is C17H26BNO2. The monoisotopic (exact) mass is 287 g/mol. The highest BCUT2D eigenvalue weighted by Crippen LogP contribution is 2.26. The van der Waals surface area contributed by atoms with Crippen LogP contribution in [0.3, 0.4) is 0 Å². The lowest BCUT2D eigenvalue weighted by Gasteiger charge is -2.47. The molecule has 1 fully saturated rings. The Morgan fingerprint density at radius 1 is 1.38 bits per heavy atom. The predicted octanol–water partition coefficient (Wildman–Crippen LogP) is 2.59. The van der Waals surface area contributed by atoms with Crippen molar-refractivity contribution in [2.75, 3.05) is 19.7 Å². The van der Waals surface area contributed by atoms with Crippen molar-refractivity contribution >= 4 is 7.85 Å². The molecule has 1 aromatic rings. The first-order valence-electron chi connectivity index (χ1n) is 7.84. The molecule has 2 atom stereocenters. The summed E-state index contributed by atoms with van der Waals surface area (Å²) in [6, 6.07) is 10.5. The standard InChI is InChI=1S/C17H26BNO2/c1-4-17(12-19(14(2)3)10-16(18)21-17)13-20-11-15-8-6-5-7-9-15/h5-9,14,16H,4,10-13H2,1-3H3/t16-,17+/m1/s1. The van der Waals surface area contributed by atoms with Crippen molar-refractivity contribution in [3.8, 4) is 0 Å². The van der Waals surface area contributed by atoms with Crippen molar-refractivity contribution in [2.45, 2.75) is 51.4 Å². The first kappa shape index (κ1) is 16.5. The Labute approximate surface area is 130 Å². The Bertz CT molecular complexity index is 426. The van der Waals surface area contributed by atoms with E-state index in [-0.39, 0.29) is 11.6 Å². The van der Waals surface area contributed by atoms with Crippen molar-refractivity contribution in [1.29, 1.82) is 0 Å². The smallest absolute Gasteiger partial charge is 0.110 e. The van der Waals surface area contributed by atoms with Crippen LogP contribution in [-0.2, 0) is 16.1 Å². The minimum Gasteiger partial charge on any atom is -0.377 e. The number of ether oxygens (including phenoxy) is 2. The first-order chi connectivity index (χ1) is 10.0. The van der Waals surface area contributed by atoms with Crippen LogP contribution >= 0.6 is 0 Å². The molecule has 21 heavy (non-hydrogen) atoms. The maximum Gasteiger partial charge on any atom is 0.110 e. The Morgan fingerprint density at radius 3 is 2.71 bits per heavy atom. The third-order valence-electron chi connectivity index (χ3n) is 4.16. The van der Waals surface area contributed by atoms with Gasteiger partial charge in [-0.2, -0.15) is 0 Å². The molecule has 114 valence electrons. The van der Waals surface area contributed by atoms with E-state index in [1.165, 1.54) is 5.56 Å². The first-order valence-corrected chi connectivity index (χ1v) is 7.84. The van der Waals surface area contributed by atoms with Crippen LogP contribution in [0.25, 0.3) is 0 Å². The molecule has 0 spiro atoms. The molecule has 0 saturated carbocycles. The van der Waals surface area contributed by atoms with Gasteiger partial charge in [-0.25, -0.2) is 0 Å². The molecule has 0 N–H and O–H groups in total. The Kier molecular flexibility index (Phi) is 5.85. The summed E-state index contributed by atoms with van der Waals surface area (Å²) < 4.78 is 12.0. The van der Waals surface area contributed by atoms with Crippen LogP contribution in [0.5, 0.6) is 0 Å². The highest BCUT2D eigenvalue weighted by molar-refractivity contribution is 6.11. The molecule has 0 amide bonds. The van der Waals surface area contributed by atoms with Gasteiger partial charge in [-0.05, 0) is 25.8 Å². The molecule has 3 nitrogen and oxygen atoms in total. The van der Waals surface area contributed by atoms with Gasteiger partial charge in [0.25, 0.3) is 0 Å². The van der Waals surface area contributed by atoms with Crippen molar-refractivity contribution in [2.24, 2.45) is 0 Å². The van der Waals surface area contributed by atoms with Gasteiger partial charge >= 0.3 is 0 Å². The number of rotatable bonds is 6. The number of hydrogen-bond acceptors (Lipinski definition) is 3. The molecule has 1 aromatic carbocycles. The maximum atomic E-state index is 6.08. The molecule has 0 bridgehead atoms. The third kappa shape index (κ3) is 4.57. The van der Waals surface area contributed by atoms with Gasteiger partial charge in [0.05, 0.1) is 13.2 Å². The molecule has 0 aliphatic carbocycles.